The van der Waals surface area contributed by atoms with Crippen LogP contribution in [-0.2, 0) is 32.1 Å². The number of carbonyl (C=O) groups excluding carboxylic acids is 5. The number of nitrogens with one attached hydrogen (secondary N) is 1. The second kappa shape index (κ2) is 10.9. The number of Topliss-reactive ketones (excluding diaryl/α,β-unsaturated/α-hetero) is 4. The molecule has 13 nitrogen and oxygen atoms in total. The number of ketones is 4. The number of amides is 1. The van der Waals surface area contributed by atoms with Crippen LogP contribution >= 0.6 is 0 Å². The van der Waals surface area contributed by atoms with Crippen molar-refractivity contribution in [2.24, 2.45) is 29.4 Å². The van der Waals surface area contributed by atoms with Gasteiger partial charge >= 0.3 is 0 Å². The number of anilines is 2. The standard InChI is InChI=1S/C31H36N4O9/c1-34(2)18-11-17(33-12-13-6-7-20(44-5)19(36)8-13)25(37)22-15(18)9-14-10-16-24(35(3)4)27(39)23(30(32)42)29(41)31(16,43)28(40)21(14)26(22)38/h6-8,11,14,16,21,23-24,33,36-37,43H,9-10,12H2,1-5H3,(H2,32,42)/t14-,16-,21?,23?,24?,31-/m1/s1. The van der Waals surface area contributed by atoms with Gasteiger partial charge in [0.05, 0.1) is 30.3 Å². The lowest BCUT2D eigenvalue weighted by molar-refractivity contribution is -0.181. The van der Waals surface area contributed by atoms with Gasteiger partial charge in [0.1, 0.15) is 5.75 Å². The molecule has 6 atom stereocenters. The van der Waals surface area contributed by atoms with Crippen LogP contribution in [-0.4, -0.2) is 96.2 Å². The lowest BCUT2D eigenvalue weighted by Gasteiger charge is -2.52. The van der Waals surface area contributed by atoms with Crippen molar-refractivity contribution < 1.29 is 44.0 Å². The molecule has 6 N–H and O–H groups in total. The van der Waals surface area contributed by atoms with E-state index < -0.39 is 70.1 Å². The van der Waals surface area contributed by atoms with E-state index in [2.05, 4.69) is 5.32 Å². The van der Waals surface area contributed by atoms with Gasteiger partial charge in [-0.2, -0.15) is 0 Å². The Bertz CT molecular complexity index is 1600. The van der Waals surface area contributed by atoms with Crippen molar-refractivity contribution in [2.75, 3.05) is 45.5 Å². The number of nitrogens with two attached hydrogens (primary N) is 1. The number of phenols is 2. The number of methoxy groups -OCH3 is 1. The van der Waals surface area contributed by atoms with Crippen molar-refractivity contribution in [2.45, 2.75) is 31.0 Å². The topological polar surface area (TPSA) is 200 Å². The Morgan fingerprint density at radius 2 is 1.77 bits per heavy atom. The molecule has 3 aliphatic rings. The van der Waals surface area contributed by atoms with Crippen molar-refractivity contribution in [1.29, 1.82) is 0 Å². The van der Waals surface area contributed by atoms with Gasteiger partial charge in [0.25, 0.3) is 0 Å². The number of rotatable bonds is 7. The number of fused-ring (bicyclic) bond motifs is 3. The molecule has 44 heavy (non-hydrogen) atoms. The Labute approximate surface area is 253 Å². The molecule has 3 aliphatic carbocycles. The molecule has 0 spiro atoms. The first-order valence-electron chi connectivity index (χ1n) is 14.2. The van der Waals surface area contributed by atoms with Gasteiger partial charge in [0.15, 0.2) is 46.2 Å². The highest BCUT2D eigenvalue weighted by atomic mass is 16.5. The number of hydrogen-bond acceptors (Lipinski definition) is 12. The highest BCUT2D eigenvalue weighted by Crippen LogP contribution is 2.52. The lowest BCUT2D eigenvalue weighted by atomic mass is 9.52. The quantitative estimate of drug-likeness (QED) is 0.212. The third-order valence-corrected chi connectivity index (χ3v) is 9.25. The van der Waals surface area contributed by atoms with Crippen LogP contribution in [0.25, 0.3) is 0 Å². The summed E-state index contributed by atoms with van der Waals surface area (Å²) in [6.45, 7) is 0.153. The van der Waals surface area contributed by atoms with E-state index in [1.807, 2.05) is 0 Å². The summed E-state index contributed by atoms with van der Waals surface area (Å²) in [6, 6.07) is 5.31. The van der Waals surface area contributed by atoms with Gasteiger partial charge < -0.3 is 36.0 Å². The number of aromatic hydroxyl groups is 2. The molecule has 0 saturated heterocycles. The van der Waals surface area contributed by atoms with Crippen molar-refractivity contribution in [3.63, 3.8) is 0 Å². The first-order chi connectivity index (χ1) is 20.6. The van der Waals surface area contributed by atoms with Crippen LogP contribution < -0.4 is 20.7 Å². The van der Waals surface area contributed by atoms with Crippen LogP contribution in [0.15, 0.2) is 24.3 Å². The molecule has 0 aromatic heterocycles. The molecule has 0 radical (unpaired) electrons. The number of ether oxygens (including phenoxy) is 1. The molecule has 2 aromatic carbocycles. The largest absolute Gasteiger partial charge is 0.505 e. The van der Waals surface area contributed by atoms with Crippen molar-refractivity contribution >= 4 is 40.4 Å². The van der Waals surface area contributed by atoms with Crippen LogP contribution in [0, 0.1) is 23.7 Å². The molecule has 2 aromatic rings. The summed E-state index contributed by atoms with van der Waals surface area (Å²) in [5.41, 5.74) is 4.42. The molecule has 2 fully saturated rings. The van der Waals surface area contributed by atoms with Gasteiger partial charge in [-0.3, -0.25) is 28.9 Å². The van der Waals surface area contributed by atoms with Crippen LogP contribution in [0.2, 0.25) is 0 Å². The summed E-state index contributed by atoms with van der Waals surface area (Å²) in [6.07, 6.45) is 0.123. The molecule has 234 valence electrons. The molecular weight excluding hydrogens is 572 g/mol. The van der Waals surface area contributed by atoms with Crippen LogP contribution in [0.4, 0.5) is 11.4 Å². The number of aliphatic hydroxyl groups is 1. The van der Waals surface area contributed by atoms with Gasteiger partial charge in [-0.15, -0.1) is 0 Å². The van der Waals surface area contributed by atoms with Crippen molar-refractivity contribution in [3.8, 4) is 17.2 Å². The van der Waals surface area contributed by atoms with E-state index in [9.17, 15) is 39.3 Å². The van der Waals surface area contributed by atoms with Crippen LogP contribution in [0.5, 0.6) is 17.2 Å². The number of carbonyl (C=O) groups is 5. The minimum Gasteiger partial charge on any atom is -0.505 e. The Balaban J connectivity index is 1.57. The van der Waals surface area contributed by atoms with E-state index in [1.165, 1.54) is 18.1 Å². The maximum Gasteiger partial charge on any atom is 0.235 e. The molecule has 5 rings (SSSR count). The first kappa shape index (κ1) is 31.0. The second-order valence-electron chi connectivity index (χ2n) is 12.2. The highest BCUT2D eigenvalue weighted by Gasteiger charge is 2.69. The van der Waals surface area contributed by atoms with E-state index in [4.69, 9.17) is 10.5 Å². The zero-order valence-electron chi connectivity index (χ0n) is 25.1. The molecule has 1 amide bonds. The van der Waals surface area contributed by atoms with Gasteiger partial charge in [-0.05, 0) is 62.2 Å². The smallest absolute Gasteiger partial charge is 0.235 e. The third-order valence-electron chi connectivity index (χ3n) is 9.25. The van der Waals surface area contributed by atoms with Gasteiger partial charge in [0.2, 0.25) is 5.91 Å². The average molecular weight is 609 g/mol. The zero-order valence-corrected chi connectivity index (χ0v) is 25.1. The number of primary amides is 1. The first-order valence-corrected chi connectivity index (χ1v) is 14.2. The minimum atomic E-state index is -2.79. The highest BCUT2D eigenvalue weighted by molar-refractivity contribution is 6.32. The molecule has 0 aliphatic heterocycles. The average Bonchev–Trinajstić information content (AvgIpc) is 2.94. The van der Waals surface area contributed by atoms with Gasteiger partial charge in [-0.1, -0.05) is 6.07 Å². The van der Waals surface area contributed by atoms with E-state index in [-0.39, 0.29) is 36.4 Å². The monoisotopic (exact) mass is 608 g/mol. The lowest BCUT2D eigenvalue weighted by Crippen LogP contribution is -2.74. The van der Waals surface area contributed by atoms with E-state index >= 15 is 0 Å². The SMILES string of the molecule is COc1ccc(CNc2cc(N(C)C)c3c(c2O)C(=O)C2C(=O)[C@@]4(O)C(=O)C(C(N)=O)C(=O)C(N(C)C)[C@H]4C[C@H]2C3)cc1O. The molecule has 13 heteroatoms. The molecule has 0 bridgehead atoms. The summed E-state index contributed by atoms with van der Waals surface area (Å²) in [5.74, 6) is -10.8. The number of likely N-dealkylation sites (N-methyl/N-ethyl adjacent to an activating group) is 1. The predicted octanol–water partition coefficient (Wildman–Crippen LogP) is 0.259. The van der Waals surface area contributed by atoms with Crippen molar-refractivity contribution in [1.82, 2.24) is 4.90 Å². The molecule has 2 saturated carbocycles. The summed E-state index contributed by atoms with van der Waals surface area (Å²) in [7, 11) is 8.05. The normalized spacial score (nSPS) is 27.8. The molecule has 3 unspecified atom stereocenters. The summed E-state index contributed by atoms with van der Waals surface area (Å²) in [5, 5.41) is 36.4. The van der Waals surface area contributed by atoms with E-state index in [0.717, 1.165) is 0 Å². The number of benzene rings is 2. The van der Waals surface area contributed by atoms with Gasteiger partial charge in [0, 0.05) is 32.2 Å². The number of hydrogen-bond donors (Lipinski definition) is 5. The van der Waals surface area contributed by atoms with Crippen molar-refractivity contribution in [3.05, 3.63) is 41.0 Å². The third kappa shape index (κ3) is 4.49. The van der Waals surface area contributed by atoms with E-state index in [0.29, 0.717) is 22.6 Å². The maximum absolute atomic E-state index is 14.2. The van der Waals surface area contributed by atoms with E-state index in [1.54, 1.807) is 51.3 Å². The minimum absolute atomic E-state index is 0.0293. The number of phenolic OH excluding ortho intramolecular Hbond substituents is 2. The summed E-state index contributed by atoms with van der Waals surface area (Å²) >= 11 is 0. The Morgan fingerprint density at radius 3 is 2.34 bits per heavy atom. The fourth-order valence-electron chi connectivity index (χ4n) is 7.23. The van der Waals surface area contributed by atoms with Crippen LogP contribution in [0.1, 0.15) is 27.9 Å². The Hall–Kier alpha value is -4.49. The summed E-state index contributed by atoms with van der Waals surface area (Å²) < 4.78 is 5.08. The Morgan fingerprint density at radius 1 is 1.09 bits per heavy atom. The number of nitrogens with zero attached hydrogens (tertiary/aromatic N) is 2. The molecular formula is C31H36N4O9. The second-order valence-corrected chi connectivity index (χ2v) is 12.2. The van der Waals surface area contributed by atoms with Gasteiger partial charge in [-0.25, -0.2) is 0 Å². The summed E-state index contributed by atoms with van der Waals surface area (Å²) in [4.78, 5) is 70.4. The predicted molar refractivity (Wildman–Crippen MR) is 158 cm³/mol. The fraction of sp³-hybridized carbons (Fsp3) is 0.452. The molecule has 0 heterocycles. The Kier molecular flexibility index (Phi) is 7.67. The fourth-order valence-corrected chi connectivity index (χ4v) is 7.23. The maximum atomic E-state index is 14.2. The van der Waals surface area contributed by atoms with Crippen LogP contribution in [0.3, 0.4) is 0 Å². The zero-order chi connectivity index (χ0) is 32.4.